The molecule has 0 spiro atoms. The van der Waals surface area contributed by atoms with Crippen LogP contribution in [0.5, 0.6) is 5.75 Å². The van der Waals surface area contributed by atoms with Gasteiger partial charge in [0, 0.05) is 21.7 Å². The van der Waals surface area contributed by atoms with E-state index in [1.807, 2.05) is 60.7 Å². The number of nitrogens with one attached hydrogen (secondary N) is 1. The molecule has 0 aliphatic carbocycles. The molecule has 0 aromatic heterocycles. The van der Waals surface area contributed by atoms with Crippen molar-refractivity contribution in [1.82, 2.24) is 0 Å². The smallest absolute Gasteiger partial charge is 0.120 e. The molecule has 0 aliphatic rings. The summed E-state index contributed by atoms with van der Waals surface area (Å²) in [6.07, 6.45) is 0. The highest BCUT2D eigenvalue weighted by atomic mass is 79.9. The maximum absolute atomic E-state index is 6.11. The van der Waals surface area contributed by atoms with Crippen molar-refractivity contribution < 1.29 is 4.74 Å². The molecule has 0 saturated carbocycles. The largest absolute Gasteiger partial charge is 0.489 e. The van der Waals surface area contributed by atoms with Gasteiger partial charge in [-0.15, -0.1) is 0 Å². The third-order valence-corrected chi connectivity index (χ3v) is 5.12. The number of hydrogen-bond acceptors (Lipinski definition) is 2. The van der Waals surface area contributed by atoms with Crippen molar-refractivity contribution in [3.05, 3.63) is 92.4 Å². The Labute approximate surface area is 165 Å². The summed E-state index contributed by atoms with van der Waals surface area (Å²) in [6.45, 7) is 1.20. The topological polar surface area (TPSA) is 21.3 Å². The molecule has 5 heteroatoms. The summed E-state index contributed by atoms with van der Waals surface area (Å²) in [6, 6.07) is 21.5. The molecule has 0 amide bonds. The van der Waals surface area contributed by atoms with Gasteiger partial charge in [-0.25, -0.2) is 0 Å². The fraction of sp³-hybridized carbons (Fsp3) is 0.100. The SMILES string of the molecule is Clc1ccc(COc2cccc(CNc3ccc(Br)c(Cl)c3)c2)cc1. The first kappa shape index (κ1) is 18.1. The van der Waals surface area contributed by atoms with Crippen LogP contribution < -0.4 is 10.1 Å². The summed E-state index contributed by atoms with van der Waals surface area (Å²) in [5, 5.41) is 4.77. The van der Waals surface area contributed by atoms with Crippen LogP contribution in [0.1, 0.15) is 11.1 Å². The number of ether oxygens (including phenoxy) is 1. The van der Waals surface area contributed by atoms with E-state index in [2.05, 4.69) is 27.3 Å². The molecule has 0 bridgehead atoms. The van der Waals surface area contributed by atoms with Crippen LogP contribution in [-0.2, 0) is 13.2 Å². The van der Waals surface area contributed by atoms with Crippen LogP contribution in [0.3, 0.4) is 0 Å². The Morgan fingerprint density at radius 2 is 1.68 bits per heavy atom. The van der Waals surface area contributed by atoms with Gasteiger partial charge in [0.25, 0.3) is 0 Å². The Bertz CT molecular complexity index is 853. The lowest BCUT2D eigenvalue weighted by molar-refractivity contribution is 0.306. The minimum Gasteiger partial charge on any atom is -0.489 e. The molecular formula is C20H16BrCl2NO. The lowest BCUT2D eigenvalue weighted by Gasteiger charge is -2.10. The zero-order chi connectivity index (χ0) is 17.6. The summed E-state index contributed by atoms with van der Waals surface area (Å²) >= 11 is 15.4. The minimum atomic E-state index is 0.510. The lowest BCUT2D eigenvalue weighted by Crippen LogP contribution is -2.00. The normalized spacial score (nSPS) is 10.5. The molecule has 3 aromatic carbocycles. The number of benzene rings is 3. The minimum absolute atomic E-state index is 0.510. The number of halogens is 3. The van der Waals surface area contributed by atoms with Gasteiger partial charge in [-0.05, 0) is 69.5 Å². The van der Waals surface area contributed by atoms with Crippen LogP contribution in [0.25, 0.3) is 0 Å². The van der Waals surface area contributed by atoms with Crippen molar-refractivity contribution in [3.63, 3.8) is 0 Å². The molecule has 1 N–H and O–H groups in total. The predicted octanol–water partition coefficient (Wildman–Crippen LogP) is 6.95. The number of hydrogen-bond donors (Lipinski definition) is 1. The first-order valence-electron chi connectivity index (χ1n) is 7.75. The average molecular weight is 437 g/mol. The summed E-state index contributed by atoms with van der Waals surface area (Å²) in [5.41, 5.74) is 3.19. The molecule has 128 valence electrons. The van der Waals surface area contributed by atoms with Gasteiger partial charge in [0.05, 0.1) is 5.02 Å². The number of anilines is 1. The van der Waals surface area contributed by atoms with E-state index in [0.29, 0.717) is 18.2 Å². The molecule has 0 saturated heterocycles. The lowest BCUT2D eigenvalue weighted by atomic mass is 10.2. The number of rotatable bonds is 6. The fourth-order valence-corrected chi connectivity index (χ4v) is 2.86. The second-order valence-electron chi connectivity index (χ2n) is 5.54. The first-order valence-corrected chi connectivity index (χ1v) is 9.30. The molecular weight excluding hydrogens is 421 g/mol. The molecule has 0 fully saturated rings. The van der Waals surface area contributed by atoms with Crippen LogP contribution >= 0.6 is 39.1 Å². The highest BCUT2D eigenvalue weighted by Gasteiger charge is 2.01. The molecule has 2 nitrogen and oxygen atoms in total. The predicted molar refractivity (Wildman–Crippen MR) is 109 cm³/mol. The third kappa shape index (κ3) is 5.40. The summed E-state index contributed by atoms with van der Waals surface area (Å²) in [7, 11) is 0. The first-order chi connectivity index (χ1) is 12.1. The van der Waals surface area contributed by atoms with Crippen molar-refractivity contribution in [2.75, 3.05) is 5.32 Å². The molecule has 25 heavy (non-hydrogen) atoms. The maximum Gasteiger partial charge on any atom is 0.120 e. The van der Waals surface area contributed by atoms with Gasteiger partial charge in [0.2, 0.25) is 0 Å². The van der Waals surface area contributed by atoms with Crippen molar-refractivity contribution in [2.24, 2.45) is 0 Å². The zero-order valence-corrected chi connectivity index (χ0v) is 16.4. The molecule has 0 unspecified atom stereocenters. The molecule has 0 radical (unpaired) electrons. The molecule has 3 rings (SSSR count). The molecule has 0 aliphatic heterocycles. The third-order valence-electron chi connectivity index (χ3n) is 3.63. The van der Waals surface area contributed by atoms with E-state index in [-0.39, 0.29) is 0 Å². The van der Waals surface area contributed by atoms with Crippen molar-refractivity contribution >= 4 is 44.8 Å². The standard InChI is InChI=1S/C20H16BrCl2NO/c21-19-9-8-17(11-20(19)23)24-12-15-2-1-3-18(10-15)25-13-14-4-6-16(22)7-5-14/h1-11,24H,12-13H2. The molecule has 3 aromatic rings. The molecule has 0 atom stereocenters. The van der Waals surface area contributed by atoms with Gasteiger partial charge in [-0.3, -0.25) is 0 Å². The van der Waals surface area contributed by atoms with Gasteiger partial charge in [0.15, 0.2) is 0 Å². The summed E-state index contributed by atoms with van der Waals surface area (Å²) < 4.78 is 6.75. The molecule has 0 heterocycles. The van der Waals surface area contributed by atoms with Gasteiger partial charge in [-0.2, -0.15) is 0 Å². The van der Waals surface area contributed by atoms with Crippen LogP contribution in [0.4, 0.5) is 5.69 Å². The highest BCUT2D eigenvalue weighted by molar-refractivity contribution is 9.10. The van der Waals surface area contributed by atoms with E-state index in [1.54, 1.807) is 0 Å². The maximum atomic E-state index is 6.11. The van der Waals surface area contributed by atoms with E-state index >= 15 is 0 Å². The monoisotopic (exact) mass is 435 g/mol. The van der Waals surface area contributed by atoms with Crippen LogP contribution in [0, 0.1) is 0 Å². The van der Waals surface area contributed by atoms with Crippen LogP contribution in [0.15, 0.2) is 71.2 Å². The quantitative estimate of drug-likeness (QED) is 0.451. The summed E-state index contributed by atoms with van der Waals surface area (Å²) in [4.78, 5) is 0. The van der Waals surface area contributed by atoms with Crippen LogP contribution in [0.2, 0.25) is 10.0 Å². The van der Waals surface area contributed by atoms with E-state index < -0.39 is 0 Å². The van der Waals surface area contributed by atoms with E-state index in [1.165, 1.54) is 0 Å². The van der Waals surface area contributed by atoms with E-state index in [0.717, 1.165) is 32.1 Å². The van der Waals surface area contributed by atoms with Gasteiger partial charge in [0.1, 0.15) is 12.4 Å². The Kier molecular flexibility index (Phi) is 6.24. The van der Waals surface area contributed by atoms with Crippen molar-refractivity contribution in [2.45, 2.75) is 13.2 Å². The Morgan fingerprint density at radius 1 is 0.880 bits per heavy atom. The second kappa shape index (κ2) is 8.61. The van der Waals surface area contributed by atoms with Gasteiger partial charge < -0.3 is 10.1 Å². The Hall–Kier alpha value is -1.68. The van der Waals surface area contributed by atoms with Gasteiger partial charge >= 0.3 is 0 Å². The zero-order valence-electron chi connectivity index (χ0n) is 13.3. The Morgan fingerprint density at radius 3 is 2.44 bits per heavy atom. The van der Waals surface area contributed by atoms with Gasteiger partial charge in [-0.1, -0.05) is 47.5 Å². The average Bonchev–Trinajstić information content (AvgIpc) is 2.63. The van der Waals surface area contributed by atoms with Crippen LogP contribution in [-0.4, -0.2) is 0 Å². The summed E-state index contributed by atoms with van der Waals surface area (Å²) in [5.74, 6) is 0.836. The van der Waals surface area contributed by atoms with E-state index in [9.17, 15) is 0 Å². The highest BCUT2D eigenvalue weighted by Crippen LogP contribution is 2.26. The van der Waals surface area contributed by atoms with E-state index in [4.69, 9.17) is 27.9 Å². The fourth-order valence-electron chi connectivity index (χ4n) is 2.30. The Balaban J connectivity index is 1.59. The second-order valence-corrected chi connectivity index (χ2v) is 7.24. The van der Waals surface area contributed by atoms with Crippen molar-refractivity contribution in [1.29, 1.82) is 0 Å². The van der Waals surface area contributed by atoms with Crippen molar-refractivity contribution in [3.8, 4) is 5.75 Å².